The molecule has 1 aliphatic carbocycles. The van der Waals surface area contributed by atoms with Gasteiger partial charge in [-0.1, -0.05) is 0 Å². The number of methoxy groups -OCH3 is 1. The Hall–Kier alpha value is -1.80. The van der Waals surface area contributed by atoms with Crippen LogP contribution < -0.4 is 10.7 Å². The molecule has 5 aliphatic rings. The molecule has 5 fully saturated rings. The number of nitrogens with zero attached hydrogens (tertiary/aromatic N) is 3. The highest BCUT2D eigenvalue weighted by Gasteiger charge is 2.56. The van der Waals surface area contributed by atoms with E-state index in [1.165, 1.54) is 23.5 Å². The first kappa shape index (κ1) is 25.8. The highest BCUT2D eigenvalue weighted by atomic mass is 79.9. The van der Waals surface area contributed by atoms with Crippen LogP contribution in [-0.4, -0.2) is 90.0 Å². The fourth-order valence-corrected chi connectivity index (χ4v) is 6.88. The molecule has 5 heterocycles. The smallest absolute Gasteiger partial charge is 0.408 e. The molecule has 4 saturated heterocycles. The van der Waals surface area contributed by atoms with Crippen molar-refractivity contribution in [2.75, 3.05) is 33.4 Å². The van der Waals surface area contributed by atoms with E-state index in [4.69, 9.17) is 14.2 Å². The summed E-state index contributed by atoms with van der Waals surface area (Å²) < 4.78 is 16.6. The topological polar surface area (TPSA) is 122 Å². The summed E-state index contributed by atoms with van der Waals surface area (Å²) in [6.45, 7) is 8.17. The second-order valence-electron chi connectivity index (χ2n) is 11.2. The van der Waals surface area contributed by atoms with Crippen LogP contribution in [0.4, 0.5) is 4.79 Å². The lowest BCUT2D eigenvalue weighted by atomic mass is 9.73. The van der Waals surface area contributed by atoms with Gasteiger partial charge in [-0.3, -0.25) is 19.5 Å². The minimum absolute atomic E-state index is 0.0576. The third kappa shape index (κ3) is 4.87. The number of nitrogens with one attached hydrogen (secondary N) is 2. The number of hydrazine groups is 1. The summed E-state index contributed by atoms with van der Waals surface area (Å²) >= 11 is 4.85. The summed E-state index contributed by atoms with van der Waals surface area (Å²) in [5.41, 5.74) is 2.44. The minimum Gasteiger partial charge on any atom is -0.468 e. The van der Waals surface area contributed by atoms with E-state index in [1.807, 2.05) is 5.38 Å². The van der Waals surface area contributed by atoms with Gasteiger partial charge in [-0.2, -0.15) is 0 Å². The van der Waals surface area contributed by atoms with E-state index in [2.05, 4.69) is 36.6 Å². The van der Waals surface area contributed by atoms with Gasteiger partial charge in [0, 0.05) is 29.9 Å². The van der Waals surface area contributed by atoms with Crippen LogP contribution in [0.25, 0.3) is 0 Å². The lowest BCUT2D eigenvalue weighted by Crippen LogP contribution is -2.73. The van der Waals surface area contributed by atoms with Crippen molar-refractivity contribution in [1.82, 2.24) is 25.6 Å². The first-order chi connectivity index (χ1) is 17.0. The van der Waals surface area contributed by atoms with Gasteiger partial charge in [0.25, 0.3) is 5.91 Å². The highest BCUT2D eigenvalue weighted by Crippen LogP contribution is 2.45. The van der Waals surface area contributed by atoms with Crippen LogP contribution >= 0.6 is 27.3 Å². The van der Waals surface area contributed by atoms with Crippen molar-refractivity contribution >= 4 is 45.2 Å². The van der Waals surface area contributed by atoms with Crippen molar-refractivity contribution in [3.05, 3.63) is 15.0 Å². The van der Waals surface area contributed by atoms with Crippen molar-refractivity contribution in [2.24, 2.45) is 11.3 Å². The van der Waals surface area contributed by atoms with Crippen LogP contribution in [0.3, 0.4) is 0 Å². The van der Waals surface area contributed by atoms with Crippen molar-refractivity contribution in [3.8, 4) is 0 Å². The van der Waals surface area contributed by atoms with Crippen LogP contribution in [0.5, 0.6) is 0 Å². The number of fused-ring (bicyclic) bond motifs is 2. The van der Waals surface area contributed by atoms with Gasteiger partial charge in [0.05, 0.1) is 26.4 Å². The second kappa shape index (κ2) is 9.50. The number of alkyl carbamates (subject to hydrolysis) is 1. The van der Waals surface area contributed by atoms with Crippen molar-refractivity contribution in [3.63, 3.8) is 0 Å². The Bertz CT molecular complexity index is 1030. The molecular weight excluding hydrogens is 554 g/mol. The Morgan fingerprint density at radius 2 is 2.00 bits per heavy atom. The molecule has 6 rings (SSSR count). The monoisotopic (exact) mass is 585 g/mol. The molecule has 0 aromatic carbocycles. The van der Waals surface area contributed by atoms with Crippen LogP contribution in [0.2, 0.25) is 0 Å². The van der Waals surface area contributed by atoms with Gasteiger partial charge in [0.15, 0.2) is 0 Å². The molecule has 1 aromatic heterocycles. The van der Waals surface area contributed by atoms with Gasteiger partial charge in [0.2, 0.25) is 0 Å². The molecule has 11 nitrogen and oxygen atoms in total. The molecule has 4 aliphatic heterocycles. The lowest BCUT2D eigenvalue weighted by molar-refractivity contribution is -0.203. The Balaban J connectivity index is 1.45. The van der Waals surface area contributed by atoms with Gasteiger partial charge >= 0.3 is 12.1 Å². The van der Waals surface area contributed by atoms with Crippen LogP contribution in [0.15, 0.2) is 9.98 Å². The third-order valence-electron chi connectivity index (χ3n) is 7.24. The molecule has 1 saturated carbocycles. The Morgan fingerprint density at radius 1 is 1.31 bits per heavy atom. The zero-order valence-corrected chi connectivity index (χ0v) is 23.2. The van der Waals surface area contributed by atoms with E-state index in [0.29, 0.717) is 35.7 Å². The molecule has 2 N–H and O–H groups in total. The average molecular weight is 587 g/mol. The van der Waals surface area contributed by atoms with E-state index >= 15 is 0 Å². The number of carbonyl (C=O) groups excluding carboxylic acids is 3. The van der Waals surface area contributed by atoms with Gasteiger partial charge in [0.1, 0.15) is 27.3 Å². The van der Waals surface area contributed by atoms with E-state index < -0.39 is 35.8 Å². The number of esters is 1. The van der Waals surface area contributed by atoms with E-state index in [1.54, 1.807) is 20.8 Å². The maximum atomic E-state index is 14.2. The zero-order chi connectivity index (χ0) is 25.8. The number of thiazole rings is 1. The summed E-state index contributed by atoms with van der Waals surface area (Å²) in [6.07, 6.45) is 0.724. The lowest BCUT2D eigenvalue weighted by Gasteiger charge is -2.58. The number of amides is 2. The Kier molecular flexibility index (Phi) is 6.82. The number of aromatic nitrogens is 1. The quantitative estimate of drug-likeness (QED) is 0.481. The van der Waals surface area contributed by atoms with Gasteiger partial charge in [-0.15, -0.1) is 11.3 Å². The molecule has 3 atom stereocenters. The number of hydrogen-bond donors (Lipinski definition) is 2. The molecule has 2 bridgehead atoms. The van der Waals surface area contributed by atoms with Crippen molar-refractivity contribution < 1.29 is 28.6 Å². The van der Waals surface area contributed by atoms with E-state index in [-0.39, 0.29) is 23.3 Å². The largest absolute Gasteiger partial charge is 0.468 e. The van der Waals surface area contributed by atoms with Gasteiger partial charge in [-0.25, -0.2) is 15.2 Å². The van der Waals surface area contributed by atoms with Crippen LogP contribution in [0.1, 0.15) is 44.7 Å². The number of halogens is 1. The summed E-state index contributed by atoms with van der Waals surface area (Å²) in [5, 5.41) is 6.94. The first-order valence-electron chi connectivity index (χ1n) is 12.1. The van der Waals surface area contributed by atoms with Crippen molar-refractivity contribution in [1.29, 1.82) is 0 Å². The third-order valence-corrected chi connectivity index (χ3v) is 8.87. The molecule has 1 aromatic rings. The Morgan fingerprint density at radius 3 is 2.53 bits per heavy atom. The second-order valence-corrected chi connectivity index (χ2v) is 12.9. The number of rotatable bonds is 6. The first-order valence-corrected chi connectivity index (χ1v) is 13.8. The number of hydrogen-bond acceptors (Lipinski definition) is 10. The standard InChI is InChI=1S/C23H32BrN5O6S/c1-22(2,3)35-21(32)26-16(19(30)29-13-5-12(6-13)15(27-29)20(31)33-4)17(18-25-14(24)7-36-18)28-8-23(9-28)10-34-11-23/h7,12-13,15-17,27H,5-6,8-11H2,1-4H3,(H,26,32)/t12?,13?,15-,16-,17-/m0/s1. The zero-order valence-electron chi connectivity index (χ0n) is 20.8. The predicted octanol–water partition coefficient (Wildman–Crippen LogP) is 1.84. The predicted molar refractivity (Wildman–Crippen MR) is 133 cm³/mol. The van der Waals surface area contributed by atoms with Crippen LogP contribution in [-0.2, 0) is 23.8 Å². The summed E-state index contributed by atoms with van der Waals surface area (Å²) in [6, 6.07) is -2.15. The van der Waals surface area contributed by atoms with Crippen LogP contribution in [0, 0.1) is 11.3 Å². The summed E-state index contributed by atoms with van der Waals surface area (Å²) in [7, 11) is 1.34. The number of carbonyl (C=O) groups is 3. The normalized spacial score (nSPS) is 28.2. The molecular formula is C23H32BrN5O6S. The minimum atomic E-state index is -0.987. The van der Waals surface area contributed by atoms with Gasteiger partial charge < -0.3 is 19.5 Å². The molecule has 198 valence electrons. The van der Waals surface area contributed by atoms with E-state index in [9.17, 15) is 14.4 Å². The molecule has 13 heteroatoms. The Labute approximate surface area is 222 Å². The fourth-order valence-electron chi connectivity index (χ4n) is 5.45. The molecule has 1 spiro atoms. The molecule has 36 heavy (non-hydrogen) atoms. The molecule has 0 radical (unpaired) electrons. The summed E-state index contributed by atoms with van der Waals surface area (Å²) in [4.78, 5) is 46.3. The van der Waals surface area contributed by atoms with E-state index in [0.717, 1.165) is 13.1 Å². The molecule has 0 unspecified atom stereocenters. The summed E-state index contributed by atoms with van der Waals surface area (Å²) in [5.74, 6) is -0.606. The fraction of sp³-hybridized carbons (Fsp3) is 0.739. The number of likely N-dealkylation sites (tertiary alicyclic amines) is 1. The number of ether oxygens (including phenoxy) is 3. The van der Waals surface area contributed by atoms with Gasteiger partial charge in [-0.05, 0) is 55.5 Å². The SMILES string of the molecule is COC(=O)[C@H]1NN(C(=O)[C@@H](NC(=O)OC(C)(C)C)[C@@H](c2nc(Br)cs2)N2CC3(COC3)C2)C2CC1C2. The maximum absolute atomic E-state index is 14.2. The maximum Gasteiger partial charge on any atom is 0.408 e. The van der Waals surface area contributed by atoms with Crippen molar-refractivity contribution in [2.45, 2.75) is 63.4 Å². The average Bonchev–Trinajstić information content (AvgIpc) is 3.15. The highest BCUT2D eigenvalue weighted by molar-refractivity contribution is 9.10. The molecule has 2 amide bonds.